The second-order valence-electron chi connectivity index (χ2n) is 6.82. The van der Waals surface area contributed by atoms with Gasteiger partial charge in [0.2, 0.25) is 5.91 Å². The molecular formula is C17H35N3O. The summed E-state index contributed by atoms with van der Waals surface area (Å²) in [4.78, 5) is 16.7. The van der Waals surface area contributed by atoms with Crippen molar-refractivity contribution in [2.24, 2.45) is 17.6 Å². The van der Waals surface area contributed by atoms with E-state index >= 15 is 0 Å². The number of likely N-dealkylation sites (tertiary alicyclic amines) is 1. The predicted octanol–water partition coefficient (Wildman–Crippen LogP) is 2.33. The summed E-state index contributed by atoms with van der Waals surface area (Å²) in [5.41, 5.74) is 5.61. The average Bonchev–Trinajstić information content (AvgIpc) is 2.50. The second-order valence-corrected chi connectivity index (χ2v) is 6.82. The van der Waals surface area contributed by atoms with Crippen molar-refractivity contribution in [2.75, 3.05) is 39.8 Å². The number of piperidine rings is 1. The number of carbonyl (C=O) groups is 1. The number of nitrogens with two attached hydrogens (primary N) is 1. The Balaban J connectivity index is 2.20. The van der Waals surface area contributed by atoms with Crippen LogP contribution in [0.3, 0.4) is 0 Å². The topological polar surface area (TPSA) is 49.6 Å². The van der Waals surface area contributed by atoms with Gasteiger partial charge >= 0.3 is 0 Å². The van der Waals surface area contributed by atoms with Crippen molar-refractivity contribution in [3.63, 3.8) is 0 Å². The van der Waals surface area contributed by atoms with Crippen LogP contribution >= 0.6 is 0 Å². The lowest BCUT2D eigenvalue weighted by Gasteiger charge is -2.34. The Morgan fingerprint density at radius 1 is 1.38 bits per heavy atom. The van der Waals surface area contributed by atoms with Gasteiger partial charge in [-0.05, 0) is 57.7 Å². The summed E-state index contributed by atoms with van der Waals surface area (Å²) in [6.07, 6.45) is 6.46. The van der Waals surface area contributed by atoms with Crippen molar-refractivity contribution in [1.82, 2.24) is 9.80 Å². The Morgan fingerprint density at radius 3 is 2.62 bits per heavy atom. The average molecular weight is 297 g/mol. The minimum absolute atomic E-state index is 0.327. The highest BCUT2D eigenvalue weighted by atomic mass is 16.2. The van der Waals surface area contributed by atoms with Gasteiger partial charge in [0.1, 0.15) is 0 Å². The van der Waals surface area contributed by atoms with Crippen molar-refractivity contribution in [3.8, 4) is 0 Å². The molecule has 1 saturated heterocycles. The zero-order chi connectivity index (χ0) is 15.7. The van der Waals surface area contributed by atoms with Crippen molar-refractivity contribution < 1.29 is 4.79 Å². The fourth-order valence-electron chi connectivity index (χ4n) is 2.97. The van der Waals surface area contributed by atoms with Gasteiger partial charge in [-0.25, -0.2) is 0 Å². The Hall–Kier alpha value is -0.610. The van der Waals surface area contributed by atoms with Crippen LogP contribution in [0.15, 0.2) is 0 Å². The molecule has 1 aliphatic rings. The van der Waals surface area contributed by atoms with Crippen LogP contribution < -0.4 is 5.73 Å². The molecule has 1 heterocycles. The van der Waals surface area contributed by atoms with Crippen LogP contribution in [0.1, 0.15) is 52.4 Å². The first kappa shape index (κ1) is 18.4. The number of unbranched alkanes of at least 4 members (excludes halogenated alkanes) is 1. The van der Waals surface area contributed by atoms with Crippen LogP contribution in [-0.4, -0.2) is 55.5 Å². The third-order valence-electron chi connectivity index (χ3n) is 4.68. The number of hydrogen-bond acceptors (Lipinski definition) is 3. The van der Waals surface area contributed by atoms with E-state index in [0.717, 1.165) is 38.3 Å². The van der Waals surface area contributed by atoms with Gasteiger partial charge in [-0.3, -0.25) is 4.79 Å². The monoisotopic (exact) mass is 297 g/mol. The molecule has 0 aromatic heterocycles. The van der Waals surface area contributed by atoms with Crippen LogP contribution in [0.5, 0.6) is 0 Å². The van der Waals surface area contributed by atoms with Gasteiger partial charge in [0.15, 0.2) is 0 Å². The summed E-state index contributed by atoms with van der Waals surface area (Å²) in [5, 5.41) is 0. The Morgan fingerprint density at radius 2 is 2.05 bits per heavy atom. The lowest BCUT2D eigenvalue weighted by molar-refractivity contribution is -0.132. The van der Waals surface area contributed by atoms with Crippen molar-refractivity contribution in [2.45, 2.75) is 52.4 Å². The molecule has 1 amide bonds. The molecule has 0 saturated carbocycles. The van der Waals surface area contributed by atoms with Gasteiger partial charge in [-0.1, -0.05) is 20.3 Å². The second kappa shape index (κ2) is 10.2. The Bertz CT molecular complexity index is 288. The zero-order valence-corrected chi connectivity index (χ0v) is 14.3. The third kappa shape index (κ3) is 7.28. The molecule has 0 aromatic rings. The van der Waals surface area contributed by atoms with E-state index in [0.29, 0.717) is 24.8 Å². The molecule has 21 heavy (non-hydrogen) atoms. The van der Waals surface area contributed by atoms with Crippen LogP contribution in [0.2, 0.25) is 0 Å². The highest BCUT2D eigenvalue weighted by Crippen LogP contribution is 2.19. The predicted molar refractivity (Wildman–Crippen MR) is 89.2 cm³/mol. The fraction of sp³-hybridized carbons (Fsp3) is 0.941. The van der Waals surface area contributed by atoms with Gasteiger partial charge in [0.05, 0.1) is 0 Å². The maximum atomic E-state index is 12.2. The normalized spacial score (nSPS) is 18.2. The molecule has 0 radical (unpaired) electrons. The highest BCUT2D eigenvalue weighted by molar-refractivity contribution is 5.76. The first-order valence-corrected chi connectivity index (χ1v) is 8.73. The SMILES string of the molecule is CCCCN(C)CC1CCN(C(=O)CCC(C)CN)CC1. The molecule has 4 heteroatoms. The Labute approximate surface area is 131 Å². The van der Waals surface area contributed by atoms with Crippen LogP contribution in [0.4, 0.5) is 0 Å². The molecule has 2 N–H and O–H groups in total. The zero-order valence-electron chi connectivity index (χ0n) is 14.3. The molecule has 0 spiro atoms. The van der Waals surface area contributed by atoms with Crippen molar-refractivity contribution >= 4 is 5.91 Å². The van der Waals surface area contributed by atoms with E-state index in [-0.39, 0.29) is 0 Å². The molecule has 4 nitrogen and oxygen atoms in total. The van der Waals surface area contributed by atoms with E-state index in [4.69, 9.17) is 5.73 Å². The fourth-order valence-corrected chi connectivity index (χ4v) is 2.97. The van der Waals surface area contributed by atoms with Crippen LogP contribution in [-0.2, 0) is 4.79 Å². The van der Waals surface area contributed by atoms with Gasteiger partial charge in [0.25, 0.3) is 0 Å². The summed E-state index contributed by atoms with van der Waals surface area (Å²) in [5.74, 6) is 1.55. The van der Waals surface area contributed by atoms with E-state index in [1.165, 1.54) is 25.9 Å². The van der Waals surface area contributed by atoms with E-state index in [1.54, 1.807) is 0 Å². The summed E-state index contributed by atoms with van der Waals surface area (Å²) in [7, 11) is 2.22. The maximum Gasteiger partial charge on any atom is 0.222 e. The van der Waals surface area contributed by atoms with Crippen LogP contribution in [0, 0.1) is 11.8 Å². The van der Waals surface area contributed by atoms with E-state index in [2.05, 4.69) is 30.7 Å². The first-order valence-electron chi connectivity index (χ1n) is 8.73. The maximum absolute atomic E-state index is 12.2. The highest BCUT2D eigenvalue weighted by Gasteiger charge is 2.23. The summed E-state index contributed by atoms with van der Waals surface area (Å²) in [6, 6.07) is 0. The third-order valence-corrected chi connectivity index (χ3v) is 4.68. The largest absolute Gasteiger partial charge is 0.343 e. The van der Waals surface area contributed by atoms with Crippen molar-refractivity contribution in [3.05, 3.63) is 0 Å². The number of nitrogens with zero attached hydrogens (tertiary/aromatic N) is 2. The minimum atomic E-state index is 0.327. The smallest absolute Gasteiger partial charge is 0.222 e. The van der Waals surface area contributed by atoms with Gasteiger partial charge in [-0.2, -0.15) is 0 Å². The molecule has 0 bridgehead atoms. The molecule has 1 aliphatic heterocycles. The number of hydrogen-bond donors (Lipinski definition) is 1. The molecule has 1 rings (SSSR count). The lowest BCUT2D eigenvalue weighted by Crippen LogP contribution is -2.41. The minimum Gasteiger partial charge on any atom is -0.343 e. The van der Waals surface area contributed by atoms with Crippen molar-refractivity contribution in [1.29, 1.82) is 0 Å². The first-order chi connectivity index (χ1) is 10.1. The molecular weight excluding hydrogens is 262 g/mol. The molecule has 1 unspecified atom stereocenters. The molecule has 124 valence electrons. The summed E-state index contributed by atoms with van der Waals surface area (Å²) >= 11 is 0. The van der Waals surface area contributed by atoms with E-state index in [9.17, 15) is 4.79 Å². The van der Waals surface area contributed by atoms with Crippen LogP contribution in [0.25, 0.3) is 0 Å². The molecule has 0 aliphatic carbocycles. The summed E-state index contributed by atoms with van der Waals surface area (Å²) in [6.45, 7) is 9.32. The lowest BCUT2D eigenvalue weighted by atomic mass is 9.95. The van der Waals surface area contributed by atoms with Gasteiger partial charge in [-0.15, -0.1) is 0 Å². The quantitative estimate of drug-likeness (QED) is 0.710. The summed E-state index contributed by atoms with van der Waals surface area (Å²) < 4.78 is 0. The molecule has 0 aromatic carbocycles. The number of amides is 1. The Kier molecular flexibility index (Phi) is 8.93. The van der Waals surface area contributed by atoms with Gasteiger partial charge < -0.3 is 15.5 Å². The van der Waals surface area contributed by atoms with E-state index < -0.39 is 0 Å². The number of carbonyl (C=O) groups excluding carboxylic acids is 1. The molecule has 1 fully saturated rings. The van der Waals surface area contributed by atoms with E-state index in [1.807, 2.05) is 0 Å². The number of rotatable bonds is 9. The standard InChI is InChI=1S/C17H35N3O/c1-4-5-10-19(3)14-16-8-11-20(12-9-16)17(21)7-6-15(2)13-18/h15-16H,4-14,18H2,1-3H3. The molecule has 1 atom stereocenters. The van der Waals surface area contributed by atoms with Gasteiger partial charge in [0, 0.05) is 26.1 Å².